The van der Waals surface area contributed by atoms with E-state index in [2.05, 4.69) is 11.4 Å². The van der Waals surface area contributed by atoms with Gasteiger partial charge in [0.2, 0.25) is 5.91 Å². The molecule has 1 aliphatic heterocycles. The van der Waals surface area contributed by atoms with Gasteiger partial charge in [-0.3, -0.25) is 4.79 Å². The molecule has 3 rings (SSSR count). The van der Waals surface area contributed by atoms with Gasteiger partial charge in [0.15, 0.2) is 0 Å². The van der Waals surface area contributed by atoms with Crippen LogP contribution in [0, 0.1) is 0 Å². The van der Waals surface area contributed by atoms with Crippen LogP contribution in [-0.2, 0) is 4.79 Å². The highest BCUT2D eigenvalue weighted by Gasteiger charge is 2.28. The summed E-state index contributed by atoms with van der Waals surface area (Å²) < 4.78 is 5.24. The van der Waals surface area contributed by atoms with Crippen molar-refractivity contribution < 1.29 is 9.53 Å². The maximum absolute atomic E-state index is 12.1. The Bertz CT molecular complexity index is 669. The number of ether oxygens (including phenoxy) is 1. The standard InChI is InChI=1S/C17H18N2O2/c1-19-16-9-4-3-8-14(16)15(11-17(19)20)18-12-6-5-7-13(10-12)21-2/h3-10,15,18H,11H2,1-2H3. The molecule has 0 fully saturated rings. The molecule has 0 aromatic heterocycles. The predicted octanol–water partition coefficient (Wildman–Crippen LogP) is 3.21. The Morgan fingerprint density at radius 3 is 2.81 bits per heavy atom. The van der Waals surface area contributed by atoms with Gasteiger partial charge in [0.1, 0.15) is 5.75 Å². The van der Waals surface area contributed by atoms with Crippen LogP contribution in [0.25, 0.3) is 0 Å². The molecule has 1 heterocycles. The van der Waals surface area contributed by atoms with Gasteiger partial charge >= 0.3 is 0 Å². The second kappa shape index (κ2) is 5.48. The Hall–Kier alpha value is -2.49. The number of amides is 1. The molecule has 1 aliphatic rings. The van der Waals surface area contributed by atoms with Crippen LogP contribution in [0.5, 0.6) is 5.75 Å². The number of hydrogen-bond acceptors (Lipinski definition) is 3. The average Bonchev–Trinajstić information content (AvgIpc) is 2.52. The van der Waals surface area contributed by atoms with E-state index in [9.17, 15) is 4.79 Å². The molecule has 1 atom stereocenters. The van der Waals surface area contributed by atoms with Crippen LogP contribution < -0.4 is 15.0 Å². The number of fused-ring (bicyclic) bond motifs is 1. The lowest BCUT2D eigenvalue weighted by Crippen LogP contribution is -2.35. The van der Waals surface area contributed by atoms with Crippen LogP contribution in [0.15, 0.2) is 48.5 Å². The van der Waals surface area contributed by atoms with Crippen LogP contribution in [0.3, 0.4) is 0 Å². The van der Waals surface area contributed by atoms with E-state index in [4.69, 9.17) is 4.74 Å². The number of hydrogen-bond donors (Lipinski definition) is 1. The summed E-state index contributed by atoms with van der Waals surface area (Å²) in [7, 11) is 3.47. The number of carbonyl (C=O) groups excluding carboxylic acids is 1. The van der Waals surface area contributed by atoms with Crippen molar-refractivity contribution in [2.24, 2.45) is 0 Å². The third-order valence-electron chi connectivity index (χ3n) is 3.84. The number of methoxy groups -OCH3 is 1. The number of benzene rings is 2. The fourth-order valence-corrected chi connectivity index (χ4v) is 2.69. The van der Waals surface area contributed by atoms with Crippen LogP contribution in [0.2, 0.25) is 0 Å². The second-order valence-corrected chi connectivity index (χ2v) is 5.14. The number of carbonyl (C=O) groups is 1. The van der Waals surface area contributed by atoms with Gasteiger partial charge in [0.05, 0.1) is 19.6 Å². The highest BCUT2D eigenvalue weighted by atomic mass is 16.5. The first-order chi connectivity index (χ1) is 10.2. The van der Waals surface area contributed by atoms with Crippen molar-refractivity contribution in [3.8, 4) is 5.75 Å². The van der Waals surface area contributed by atoms with Gasteiger partial charge in [-0.15, -0.1) is 0 Å². The Morgan fingerprint density at radius 1 is 1.19 bits per heavy atom. The quantitative estimate of drug-likeness (QED) is 0.940. The number of nitrogens with one attached hydrogen (secondary N) is 1. The molecule has 0 aliphatic carbocycles. The minimum atomic E-state index is -0.0167. The van der Waals surface area contributed by atoms with E-state index in [0.717, 1.165) is 22.7 Å². The second-order valence-electron chi connectivity index (χ2n) is 5.14. The van der Waals surface area contributed by atoms with Gasteiger partial charge in [-0.25, -0.2) is 0 Å². The molecule has 1 N–H and O–H groups in total. The van der Waals surface area contributed by atoms with Crippen molar-refractivity contribution in [2.75, 3.05) is 24.4 Å². The van der Waals surface area contributed by atoms with E-state index < -0.39 is 0 Å². The summed E-state index contributed by atoms with van der Waals surface area (Å²) in [6, 6.07) is 15.7. The van der Waals surface area contributed by atoms with Crippen LogP contribution in [0.1, 0.15) is 18.0 Å². The van der Waals surface area contributed by atoms with Crippen molar-refractivity contribution in [1.82, 2.24) is 0 Å². The molecular formula is C17H18N2O2. The highest BCUT2D eigenvalue weighted by Crippen LogP contribution is 2.35. The number of rotatable bonds is 3. The molecular weight excluding hydrogens is 264 g/mol. The van der Waals surface area contributed by atoms with Crippen molar-refractivity contribution in [3.63, 3.8) is 0 Å². The lowest BCUT2D eigenvalue weighted by Gasteiger charge is -2.32. The van der Waals surface area contributed by atoms with E-state index in [0.29, 0.717) is 6.42 Å². The minimum absolute atomic E-state index is 0.0167. The SMILES string of the molecule is COc1cccc(NC2CC(=O)N(C)c3ccccc32)c1. The van der Waals surface area contributed by atoms with E-state index in [-0.39, 0.29) is 11.9 Å². The molecule has 2 aromatic rings. The Balaban J connectivity index is 1.92. The summed E-state index contributed by atoms with van der Waals surface area (Å²) >= 11 is 0. The molecule has 0 saturated heterocycles. The molecule has 1 amide bonds. The molecule has 4 nitrogen and oxygen atoms in total. The lowest BCUT2D eigenvalue weighted by atomic mass is 9.96. The zero-order valence-corrected chi connectivity index (χ0v) is 12.2. The van der Waals surface area contributed by atoms with E-state index in [1.165, 1.54) is 0 Å². The molecule has 21 heavy (non-hydrogen) atoms. The van der Waals surface area contributed by atoms with Crippen LogP contribution in [-0.4, -0.2) is 20.1 Å². The lowest BCUT2D eigenvalue weighted by molar-refractivity contribution is -0.118. The molecule has 0 bridgehead atoms. The van der Waals surface area contributed by atoms with Gasteiger partial charge in [0, 0.05) is 24.5 Å². The van der Waals surface area contributed by atoms with Gasteiger partial charge in [-0.2, -0.15) is 0 Å². The Kier molecular flexibility index (Phi) is 3.52. The zero-order valence-electron chi connectivity index (χ0n) is 12.2. The van der Waals surface area contributed by atoms with E-state index >= 15 is 0 Å². The first-order valence-electron chi connectivity index (χ1n) is 6.95. The van der Waals surface area contributed by atoms with Gasteiger partial charge in [-0.1, -0.05) is 24.3 Å². The number of para-hydroxylation sites is 1. The predicted molar refractivity (Wildman–Crippen MR) is 83.8 cm³/mol. The van der Waals surface area contributed by atoms with Crippen LogP contribution in [0.4, 0.5) is 11.4 Å². The summed E-state index contributed by atoms with van der Waals surface area (Å²) in [4.78, 5) is 13.9. The Morgan fingerprint density at radius 2 is 2.00 bits per heavy atom. The molecule has 0 spiro atoms. The minimum Gasteiger partial charge on any atom is -0.497 e. The molecule has 4 heteroatoms. The van der Waals surface area contributed by atoms with E-state index in [1.807, 2.05) is 49.5 Å². The molecule has 0 saturated carbocycles. The third-order valence-corrected chi connectivity index (χ3v) is 3.84. The van der Waals surface area contributed by atoms with Crippen molar-refractivity contribution in [3.05, 3.63) is 54.1 Å². The number of anilines is 2. The Labute approximate surface area is 124 Å². The normalized spacial score (nSPS) is 17.3. The van der Waals surface area contributed by atoms with Crippen LogP contribution >= 0.6 is 0 Å². The largest absolute Gasteiger partial charge is 0.497 e. The molecule has 108 valence electrons. The summed E-state index contributed by atoms with van der Waals surface area (Å²) in [6.07, 6.45) is 0.449. The highest BCUT2D eigenvalue weighted by molar-refractivity contribution is 5.97. The van der Waals surface area contributed by atoms with E-state index in [1.54, 1.807) is 12.0 Å². The fraction of sp³-hybridized carbons (Fsp3) is 0.235. The van der Waals surface area contributed by atoms with Crippen molar-refractivity contribution in [2.45, 2.75) is 12.5 Å². The maximum atomic E-state index is 12.1. The molecule has 0 radical (unpaired) electrons. The fourth-order valence-electron chi connectivity index (χ4n) is 2.69. The summed E-state index contributed by atoms with van der Waals surface area (Å²) in [5.74, 6) is 0.918. The first-order valence-corrected chi connectivity index (χ1v) is 6.95. The average molecular weight is 282 g/mol. The van der Waals surface area contributed by atoms with Crippen molar-refractivity contribution in [1.29, 1.82) is 0 Å². The topological polar surface area (TPSA) is 41.6 Å². The third kappa shape index (κ3) is 2.57. The summed E-state index contributed by atoms with van der Waals surface area (Å²) in [5.41, 5.74) is 3.06. The van der Waals surface area contributed by atoms with Gasteiger partial charge in [-0.05, 0) is 23.8 Å². The summed E-state index contributed by atoms with van der Waals surface area (Å²) in [5, 5.41) is 3.44. The first kappa shape index (κ1) is 13.5. The maximum Gasteiger partial charge on any atom is 0.229 e. The smallest absolute Gasteiger partial charge is 0.229 e. The number of nitrogens with zero attached hydrogens (tertiary/aromatic N) is 1. The molecule has 1 unspecified atom stereocenters. The zero-order chi connectivity index (χ0) is 14.8. The monoisotopic (exact) mass is 282 g/mol. The molecule has 2 aromatic carbocycles. The van der Waals surface area contributed by atoms with Gasteiger partial charge < -0.3 is 15.0 Å². The van der Waals surface area contributed by atoms with Gasteiger partial charge in [0.25, 0.3) is 0 Å². The summed E-state index contributed by atoms with van der Waals surface area (Å²) in [6.45, 7) is 0. The van der Waals surface area contributed by atoms with Crippen molar-refractivity contribution >= 4 is 17.3 Å².